The third-order valence-corrected chi connectivity index (χ3v) is 7.06. The van der Waals surface area contributed by atoms with E-state index in [0.29, 0.717) is 11.4 Å². The van der Waals surface area contributed by atoms with E-state index in [2.05, 4.69) is 12.6 Å². The Kier molecular flexibility index (Phi) is 4.42. The summed E-state index contributed by atoms with van der Waals surface area (Å²) in [7, 11) is 1.96. The van der Waals surface area contributed by atoms with Crippen molar-refractivity contribution >= 4 is 52.3 Å². The van der Waals surface area contributed by atoms with Gasteiger partial charge in [0.1, 0.15) is 29.2 Å². The first-order valence-electron chi connectivity index (χ1n) is 7.98. The summed E-state index contributed by atoms with van der Waals surface area (Å²) >= 11 is 7.09. The zero-order valence-corrected chi connectivity index (χ0v) is 16.7. The van der Waals surface area contributed by atoms with E-state index in [1.165, 1.54) is 16.2 Å². The number of carbonyl (C=O) groups is 2. The molecule has 1 saturated heterocycles. The molecule has 2 aromatic heterocycles. The molecule has 6 nitrogen and oxygen atoms in total. The molecule has 4 heterocycles. The van der Waals surface area contributed by atoms with Crippen molar-refractivity contribution in [1.82, 2.24) is 9.88 Å². The highest BCUT2D eigenvalue weighted by atomic mass is 32.2. The molecule has 9 heteroatoms. The maximum atomic E-state index is 12.2. The van der Waals surface area contributed by atoms with Crippen molar-refractivity contribution in [3.63, 3.8) is 0 Å². The Bertz CT molecular complexity index is 951. The summed E-state index contributed by atoms with van der Waals surface area (Å²) in [5.74, 6) is 0.348. The first kappa shape index (κ1) is 17.7. The molecule has 2 aromatic rings. The van der Waals surface area contributed by atoms with E-state index < -0.39 is 11.2 Å². The zero-order valence-electron chi connectivity index (χ0n) is 14.2. The number of carbonyl (C=O) groups excluding carboxylic acids is 2. The van der Waals surface area contributed by atoms with Crippen LogP contribution in [0, 0.1) is 6.92 Å². The van der Waals surface area contributed by atoms with E-state index in [0.717, 1.165) is 26.7 Å². The van der Waals surface area contributed by atoms with Gasteiger partial charge in [-0.1, -0.05) is 12.6 Å². The average Bonchev–Trinajstić information content (AvgIpc) is 3.01. The molecular weight excluding hydrogens is 388 g/mol. The monoisotopic (exact) mass is 405 g/mol. The number of hydrogen-bond acceptors (Lipinski definition) is 6. The molecule has 1 fully saturated rings. The van der Waals surface area contributed by atoms with Crippen molar-refractivity contribution in [2.24, 2.45) is 12.8 Å². The SMILES string of the molecule is Cc1sc(C2=C(C(=O)S)N3C(=O)[C@@H](N)[C@H]3SC2)nc1-c1cc[n+](C)cc1. The molecule has 0 aromatic carbocycles. The second kappa shape index (κ2) is 6.49. The van der Waals surface area contributed by atoms with Gasteiger partial charge in [0, 0.05) is 33.9 Å². The first-order valence-corrected chi connectivity index (χ1v) is 10.3. The lowest BCUT2D eigenvalue weighted by atomic mass is 10.0. The summed E-state index contributed by atoms with van der Waals surface area (Å²) in [4.78, 5) is 31.6. The van der Waals surface area contributed by atoms with Gasteiger partial charge in [0.05, 0.1) is 5.69 Å². The number of thioether (sulfide) groups is 1. The minimum Gasteiger partial charge on any atom is -0.317 e. The number of thiazole rings is 1. The Morgan fingerprint density at radius 1 is 1.42 bits per heavy atom. The van der Waals surface area contributed by atoms with Gasteiger partial charge >= 0.3 is 0 Å². The van der Waals surface area contributed by atoms with Crippen LogP contribution in [0.1, 0.15) is 9.88 Å². The predicted octanol–water partition coefficient (Wildman–Crippen LogP) is 1.35. The Morgan fingerprint density at radius 3 is 2.77 bits per heavy atom. The molecule has 0 bridgehead atoms. The van der Waals surface area contributed by atoms with Crippen molar-refractivity contribution in [3.8, 4) is 11.3 Å². The fourth-order valence-electron chi connectivity index (χ4n) is 3.13. The molecule has 0 aliphatic carbocycles. The zero-order chi connectivity index (χ0) is 18.6. The number of rotatable bonds is 3. The van der Waals surface area contributed by atoms with Crippen LogP contribution < -0.4 is 10.3 Å². The van der Waals surface area contributed by atoms with Crippen molar-refractivity contribution in [1.29, 1.82) is 0 Å². The fourth-order valence-corrected chi connectivity index (χ4v) is 5.74. The van der Waals surface area contributed by atoms with Gasteiger partial charge in [0.25, 0.3) is 0 Å². The number of hydrogen-bond donors (Lipinski definition) is 2. The lowest BCUT2D eigenvalue weighted by Gasteiger charge is -2.48. The molecule has 0 unspecified atom stereocenters. The Balaban J connectivity index is 1.79. The highest BCUT2D eigenvalue weighted by Crippen LogP contribution is 2.44. The van der Waals surface area contributed by atoms with Gasteiger partial charge in [-0.05, 0) is 6.92 Å². The minimum absolute atomic E-state index is 0.188. The minimum atomic E-state index is -0.553. The van der Waals surface area contributed by atoms with Gasteiger partial charge in [-0.2, -0.15) is 0 Å². The summed E-state index contributed by atoms with van der Waals surface area (Å²) < 4.78 is 1.96. The number of β-lactam (4-membered cyclic amide) rings is 1. The van der Waals surface area contributed by atoms with Gasteiger partial charge in [0.15, 0.2) is 12.4 Å². The molecule has 0 radical (unpaired) electrons. The Morgan fingerprint density at radius 2 is 2.12 bits per heavy atom. The molecule has 2 atom stereocenters. The summed E-state index contributed by atoms with van der Waals surface area (Å²) in [5.41, 5.74) is 8.84. The van der Waals surface area contributed by atoms with Crippen molar-refractivity contribution in [2.45, 2.75) is 18.3 Å². The van der Waals surface area contributed by atoms with E-state index >= 15 is 0 Å². The predicted molar refractivity (Wildman–Crippen MR) is 105 cm³/mol. The third kappa shape index (κ3) is 2.70. The molecule has 2 aliphatic rings. The molecule has 1 amide bonds. The van der Waals surface area contributed by atoms with Crippen molar-refractivity contribution < 1.29 is 14.2 Å². The molecule has 0 spiro atoms. The number of nitrogens with zero attached hydrogens (tertiary/aromatic N) is 3. The smallest absolute Gasteiger partial charge is 0.248 e. The number of amides is 1. The second-order valence-corrected chi connectivity index (χ2v) is 8.96. The highest BCUT2D eigenvalue weighted by Gasteiger charge is 2.51. The molecule has 2 aliphatic heterocycles. The van der Waals surface area contributed by atoms with Crippen LogP contribution in [0.25, 0.3) is 16.8 Å². The Hall–Kier alpha value is -1.68. The van der Waals surface area contributed by atoms with Gasteiger partial charge in [-0.25, -0.2) is 9.55 Å². The highest BCUT2D eigenvalue weighted by molar-refractivity contribution is 8.00. The average molecular weight is 406 g/mol. The van der Waals surface area contributed by atoms with Gasteiger partial charge in [0.2, 0.25) is 11.0 Å². The van der Waals surface area contributed by atoms with Crippen LogP contribution in [0.5, 0.6) is 0 Å². The number of nitrogens with two attached hydrogens (primary N) is 1. The normalized spacial score (nSPS) is 22.3. The number of thiol groups is 1. The van der Waals surface area contributed by atoms with E-state index in [1.807, 2.05) is 43.1 Å². The first-order chi connectivity index (χ1) is 12.4. The third-order valence-electron chi connectivity index (χ3n) is 4.52. The summed E-state index contributed by atoms with van der Waals surface area (Å²) in [6.07, 6.45) is 3.94. The fraction of sp³-hybridized carbons (Fsp3) is 0.294. The summed E-state index contributed by atoms with van der Waals surface area (Å²) in [6.45, 7) is 2.01. The molecule has 134 valence electrons. The molecular formula is C17H17N4O2S3+. The number of fused-ring (bicyclic) bond motifs is 1. The lowest BCUT2D eigenvalue weighted by Crippen LogP contribution is -2.68. The van der Waals surface area contributed by atoms with Crippen LogP contribution in [0.3, 0.4) is 0 Å². The van der Waals surface area contributed by atoms with Crippen LogP contribution in [0.15, 0.2) is 30.2 Å². The van der Waals surface area contributed by atoms with E-state index in [-0.39, 0.29) is 11.3 Å². The largest absolute Gasteiger partial charge is 0.317 e. The molecule has 26 heavy (non-hydrogen) atoms. The Labute approximate surface area is 164 Å². The van der Waals surface area contributed by atoms with Gasteiger partial charge in [-0.15, -0.1) is 23.1 Å². The molecule has 2 N–H and O–H groups in total. The van der Waals surface area contributed by atoms with E-state index in [1.54, 1.807) is 11.8 Å². The van der Waals surface area contributed by atoms with Gasteiger partial charge < -0.3 is 5.73 Å². The van der Waals surface area contributed by atoms with Crippen molar-refractivity contribution in [2.75, 3.05) is 5.75 Å². The summed E-state index contributed by atoms with van der Waals surface area (Å²) in [6, 6.07) is 3.46. The van der Waals surface area contributed by atoms with Crippen LogP contribution in [-0.4, -0.2) is 38.1 Å². The van der Waals surface area contributed by atoms with E-state index in [9.17, 15) is 9.59 Å². The standard InChI is InChI=1S/C17H16N4O2S3/c1-8-12(9-3-5-20(2)6-4-9)19-14(26-8)10-7-25-16-11(18)15(22)21(16)13(10)17(23)24/h3-6,11,16H,7,18H2,1-2H3/p+1/t11-,16-/m1/s1. The number of aryl methyl sites for hydroxylation is 2. The van der Waals surface area contributed by atoms with E-state index in [4.69, 9.17) is 10.7 Å². The summed E-state index contributed by atoms with van der Waals surface area (Å²) in [5, 5.41) is 0.140. The van der Waals surface area contributed by atoms with Crippen molar-refractivity contribution in [3.05, 3.63) is 40.1 Å². The quantitative estimate of drug-likeness (QED) is 0.458. The van der Waals surface area contributed by atoms with Gasteiger partial charge in [-0.3, -0.25) is 14.5 Å². The van der Waals surface area contributed by atoms with Crippen LogP contribution in [0.2, 0.25) is 0 Å². The number of pyridine rings is 1. The maximum Gasteiger partial charge on any atom is 0.248 e. The molecule has 0 saturated carbocycles. The topological polar surface area (TPSA) is 80.2 Å². The number of aromatic nitrogens is 2. The van der Waals surface area contributed by atoms with Crippen LogP contribution in [-0.2, 0) is 16.6 Å². The van der Waals surface area contributed by atoms with Crippen LogP contribution >= 0.6 is 35.7 Å². The molecule has 4 rings (SSSR count). The lowest BCUT2D eigenvalue weighted by molar-refractivity contribution is -0.671. The maximum absolute atomic E-state index is 12.2. The second-order valence-electron chi connectivity index (χ2n) is 6.24. The van der Waals surface area contributed by atoms with Crippen LogP contribution in [0.4, 0.5) is 0 Å².